The number of carbonyl (C=O) groups excluding carboxylic acids is 1. The summed E-state index contributed by atoms with van der Waals surface area (Å²) in [6.07, 6.45) is 2.35. The third-order valence-corrected chi connectivity index (χ3v) is 19.8. The molecule has 1 atom stereocenters. The molecule has 6 nitrogen and oxygen atoms in total. The predicted molar refractivity (Wildman–Crippen MR) is 246 cm³/mol. The monoisotopic (exact) mass is 934 g/mol. The maximum atomic E-state index is 14.6. The second kappa shape index (κ2) is 24.6. The maximum Gasteiger partial charge on any atom is 2.00 e. The normalized spacial score (nSPS) is 11.9. The second-order valence-electron chi connectivity index (χ2n) is 17.4. The Morgan fingerprint density at radius 2 is 1.12 bits per heavy atom. The molecule has 1 N–H and O–H groups in total. The largest absolute Gasteiger partial charge is 2.00 e. The molecule has 4 aromatic rings. The van der Waals surface area contributed by atoms with E-state index in [1.807, 2.05) is 24.3 Å². The zero-order chi connectivity index (χ0) is 44.2. The van der Waals surface area contributed by atoms with Crippen LogP contribution in [0.15, 0.2) is 91.5 Å². The van der Waals surface area contributed by atoms with E-state index in [-0.39, 0.29) is 61.7 Å². The summed E-state index contributed by atoms with van der Waals surface area (Å²) >= 11 is 0. The summed E-state index contributed by atoms with van der Waals surface area (Å²) in [4.78, 5) is 11.6. The van der Waals surface area contributed by atoms with Crippen LogP contribution in [-0.2, 0) is 22.1 Å². The Hall–Kier alpha value is -2.95. The van der Waals surface area contributed by atoms with Gasteiger partial charge in [0.1, 0.15) is 29.2 Å². The molecule has 4 rings (SSSR count). The van der Waals surface area contributed by atoms with Crippen LogP contribution in [0.25, 0.3) is 22.3 Å². The van der Waals surface area contributed by atoms with Crippen molar-refractivity contribution in [2.75, 3.05) is 14.2 Å². The number of ether oxygens (including phenoxy) is 2. The van der Waals surface area contributed by atoms with Crippen LogP contribution < -0.4 is 26.5 Å². The van der Waals surface area contributed by atoms with Crippen LogP contribution in [0.3, 0.4) is 0 Å². The molecular weight excluding hydrogens is 871 g/mol. The van der Waals surface area contributed by atoms with Gasteiger partial charge in [0, 0.05) is 16.7 Å². The smallest absolute Gasteiger partial charge is 1.00 e. The van der Waals surface area contributed by atoms with Crippen molar-refractivity contribution >= 4 is 46.0 Å². The Kier molecular flexibility index (Phi) is 23.4. The molecule has 0 radical (unpaired) electrons. The molecule has 0 aliphatic heterocycles. The molecule has 324 valence electrons. The molecule has 4 aromatic carbocycles. The minimum atomic E-state index is -1.91. The van der Waals surface area contributed by atoms with Crippen molar-refractivity contribution in [3.05, 3.63) is 131 Å². The van der Waals surface area contributed by atoms with Crippen LogP contribution in [0.2, 0.25) is 36.3 Å². The predicted octanol–water partition coefficient (Wildman–Crippen LogP) is 10.1. The van der Waals surface area contributed by atoms with E-state index >= 15 is 0 Å². The number of hydrogen-bond acceptors (Lipinski definition) is 6. The van der Waals surface area contributed by atoms with Gasteiger partial charge in [0.2, 0.25) is 0 Å². The number of aliphatic hydroxyl groups is 1. The van der Waals surface area contributed by atoms with Gasteiger partial charge in [0.15, 0.2) is 22.9 Å². The molecule has 0 aromatic heterocycles. The van der Waals surface area contributed by atoms with E-state index in [2.05, 4.69) is 87.0 Å². The van der Waals surface area contributed by atoms with Crippen molar-refractivity contribution < 1.29 is 54.0 Å². The van der Waals surface area contributed by atoms with Gasteiger partial charge in [-0.25, -0.2) is 8.78 Å². The second-order valence-corrected chi connectivity index (χ2v) is 27.0. The molecule has 12 heteroatoms. The summed E-state index contributed by atoms with van der Waals surface area (Å²) in [5.74, 6) is 0.344. The summed E-state index contributed by atoms with van der Waals surface area (Å²) in [5, 5.41) is 11.0. The summed E-state index contributed by atoms with van der Waals surface area (Å²) in [6, 6.07) is 20.2. The number of methoxy groups -OCH3 is 2. The molecule has 0 fully saturated rings. The first-order valence-electron chi connectivity index (χ1n) is 19.3. The zero-order valence-electron chi connectivity index (χ0n) is 38.2. The van der Waals surface area contributed by atoms with Crippen molar-refractivity contribution in [2.45, 2.75) is 111 Å². The molecular formula is C48H65BrF2MgO6Si2. The van der Waals surface area contributed by atoms with Crippen LogP contribution in [0.1, 0.15) is 88.5 Å². The molecule has 0 amide bonds. The van der Waals surface area contributed by atoms with E-state index in [0.717, 1.165) is 17.4 Å². The standard InChI is InChI=1S/C24H33FO3Si.C21H27FO3Si.C3H5.BrH.Mg/c1-16(2)23(26)21-13-17(15-28-29(7,8)24(3,4)5)9-11-19(21)20-14-18(27-6)10-12-22(20)25;1-21(2,3)26(5,6)25-14-15-7-9-18(16(11-15)13-23)19-12-17(24-4)8-10-20(19)22;1-3-2;;/h9-14,23,26H,1,15H2,2-8H3;7-13H,14H2,1-6H3;1H2,2H3;1H;/q;;-1;;+2/p-1. The first-order valence-corrected chi connectivity index (χ1v) is 25.1. The van der Waals surface area contributed by atoms with Crippen LogP contribution >= 0.6 is 0 Å². The molecule has 0 aliphatic rings. The van der Waals surface area contributed by atoms with E-state index in [0.29, 0.717) is 63.7 Å². The summed E-state index contributed by atoms with van der Waals surface area (Å²) < 4.78 is 51.8. The molecule has 0 aliphatic carbocycles. The van der Waals surface area contributed by atoms with Crippen molar-refractivity contribution in [3.63, 3.8) is 0 Å². The van der Waals surface area contributed by atoms with Crippen molar-refractivity contribution in [1.82, 2.24) is 0 Å². The maximum absolute atomic E-state index is 14.6. The van der Waals surface area contributed by atoms with Crippen molar-refractivity contribution in [1.29, 1.82) is 0 Å². The van der Waals surface area contributed by atoms with E-state index in [1.54, 1.807) is 57.4 Å². The quantitative estimate of drug-likeness (QED) is 0.0623. The van der Waals surface area contributed by atoms with Crippen LogP contribution in [0, 0.1) is 17.7 Å². The first kappa shape index (κ1) is 57.1. The molecule has 0 saturated carbocycles. The summed E-state index contributed by atoms with van der Waals surface area (Å²) in [6.45, 7) is 33.5. The number of aldehydes is 1. The number of allylic oxidation sites excluding steroid dienone is 1. The van der Waals surface area contributed by atoms with Gasteiger partial charge < -0.3 is 46.5 Å². The number of rotatable bonds is 13. The van der Waals surface area contributed by atoms with Crippen LogP contribution in [-0.4, -0.2) is 65.3 Å². The van der Waals surface area contributed by atoms with Crippen molar-refractivity contribution in [2.24, 2.45) is 0 Å². The first-order chi connectivity index (χ1) is 26.9. The fourth-order valence-electron chi connectivity index (χ4n) is 5.12. The third kappa shape index (κ3) is 15.7. The average Bonchev–Trinajstić information content (AvgIpc) is 3.16. The summed E-state index contributed by atoms with van der Waals surface area (Å²) in [7, 11) is -0.718. The minimum Gasteiger partial charge on any atom is -1.00 e. The van der Waals surface area contributed by atoms with Gasteiger partial charge in [-0.3, -0.25) is 11.4 Å². The molecule has 60 heavy (non-hydrogen) atoms. The van der Waals surface area contributed by atoms with Crippen LogP contribution in [0.5, 0.6) is 11.5 Å². The Bertz CT molecular complexity index is 2030. The van der Waals surface area contributed by atoms with E-state index in [9.17, 15) is 18.7 Å². The SMILES string of the molecule is C=C(C)C(O)c1cc(CO[Si](C)(C)C(C)(C)C)ccc1-c1cc(OC)ccc1F.C=[C-]C.COc1ccc(F)c(-c2ccc(CO[Si](C)(C)C(C)(C)C)cc2C=O)c1.[Br-].[Mg+2]. The Morgan fingerprint density at radius 1 is 0.733 bits per heavy atom. The van der Waals surface area contributed by atoms with Gasteiger partial charge >= 0.3 is 23.1 Å². The zero-order valence-corrected chi connectivity index (χ0v) is 43.2. The average molecular weight is 936 g/mol. The summed E-state index contributed by atoms with van der Waals surface area (Å²) in [5.41, 5.74) is 5.40. The van der Waals surface area contributed by atoms with Gasteiger partial charge in [-0.15, -0.1) is 0 Å². The number of carbonyl (C=O) groups is 1. The third-order valence-electron chi connectivity index (χ3n) is 10.9. The molecule has 0 heterocycles. The van der Waals surface area contributed by atoms with Gasteiger partial charge in [-0.05, 0) is 125 Å². The number of aliphatic hydroxyl groups excluding tert-OH is 1. The van der Waals surface area contributed by atoms with Crippen molar-refractivity contribution in [3.8, 4) is 33.8 Å². The van der Waals surface area contributed by atoms with Gasteiger partial charge in [0.05, 0.1) is 27.4 Å². The number of hydrogen-bond donors (Lipinski definition) is 1. The molecule has 0 bridgehead atoms. The molecule has 1 unspecified atom stereocenters. The van der Waals surface area contributed by atoms with E-state index < -0.39 is 22.7 Å². The minimum absolute atomic E-state index is 0. The number of benzene rings is 4. The Balaban J connectivity index is 0.00000106. The van der Waals surface area contributed by atoms with E-state index in [1.165, 1.54) is 19.2 Å². The fourth-order valence-corrected chi connectivity index (χ4v) is 7.04. The molecule has 0 saturated heterocycles. The van der Waals surface area contributed by atoms with E-state index in [4.69, 9.17) is 18.3 Å². The molecule has 0 spiro atoms. The van der Waals surface area contributed by atoms with Gasteiger partial charge in [-0.2, -0.15) is 6.92 Å². The van der Waals surface area contributed by atoms with Gasteiger partial charge in [-0.1, -0.05) is 72.4 Å². The van der Waals surface area contributed by atoms with Crippen LogP contribution in [0.4, 0.5) is 8.78 Å². The Labute approximate surface area is 388 Å². The fraction of sp³-hybridized carbons (Fsp3) is 0.396. The topological polar surface area (TPSA) is 74.2 Å². The van der Waals surface area contributed by atoms with Gasteiger partial charge in [0.25, 0.3) is 0 Å². The Morgan fingerprint density at radius 3 is 1.48 bits per heavy atom. The number of halogens is 3.